The van der Waals surface area contributed by atoms with Crippen molar-refractivity contribution in [3.8, 4) is 0 Å². The molecule has 0 amide bonds. The Kier molecular flexibility index (Phi) is 5.03. The second kappa shape index (κ2) is 7.38. The zero-order valence-electron chi connectivity index (χ0n) is 14.4. The van der Waals surface area contributed by atoms with Crippen LogP contribution in [0.5, 0.6) is 0 Å². The summed E-state index contributed by atoms with van der Waals surface area (Å²) in [4.78, 5) is 25.8. The number of rotatable bonds is 5. The molecule has 2 aromatic rings. The summed E-state index contributed by atoms with van der Waals surface area (Å²) in [6.45, 7) is 3.15. The van der Waals surface area contributed by atoms with Crippen molar-refractivity contribution >= 4 is 17.6 Å². The van der Waals surface area contributed by atoms with Crippen LogP contribution in [0.1, 0.15) is 33.2 Å². The fourth-order valence-electron chi connectivity index (χ4n) is 3.15. The van der Waals surface area contributed by atoms with Crippen LogP contribution in [0.4, 0.5) is 5.69 Å². The first-order chi connectivity index (χ1) is 12.1. The van der Waals surface area contributed by atoms with E-state index < -0.39 is 11.9 Å². The summed E-state index contributed by atoms with van der Waals surface area (Å²) in [5, 5.41) is 0. The number of para-hydroxylation sites is 1. The van der Waals surface area contributed by atoms with Crippen LogP contribution in [-0.2, 0) is 15.9 Å². The monoisotopic (exact) mass is 339 g/mol. The molecule has 5 heteroatoms. The molecule has 0 fully saturated rings. The van der Waals surface area contributed by atoms with Crippen molar-refractivity contribution in [2.45, 2.75) is 19.4 Å². The van der Waals surface area contributed by atoms with Crippen LogP contribution in [0.2, 0.25) is 0 Å². The smallest absolute Gasteiger partial charge is 0.338 e. The lowest BCUT2D eigenvalue weighted by molar-refractivity contribution is 0.0512. The maximum absolute atomic E-state index is 12.1. The fourth-order valence-corrected chi connectivity index (χ4v) is 3.15. The Morgan fingerprint density at radius 2 is 1.68 bits per heavy atom. The molecule has 130 valence electrons. The number of hydrogen-bond donors (Lipinski definition) is 0. The van der Waals surface area contributed by atoms with Crippen molar-refractivity contribution in [3.63, 3.8) is 0 Å². The molecule has 1 heterocycles. The van der Waals surface area contributed by atoms with Gasteiger partial charge in [0.25, 0.3) is 0 Å². The van der Waals surface area contributed by atoms with E-state index >= 15 is 0 Å². The first-order valence-corrected chi connectivity index (χ1v) is 8.30. The number of hydrogen-bond acceptors (Lipinski definition) is 5. The summed E-state index contributed by atoms with van der Waals surface area (Å²) in [7, 11) is 1.32. The molecule has 1 unspecified atom stereocenters. The van der Waals surface area contributed by atoms with Crippen molar-refractivity contribution < 1.29 is 19.1 Å². The zero-order valence-corrected chi connectivity index (χ0v) is 14.4. The van der Waals surface area contributed by atoms with Gasteiger partial charge < -0.3 is 14.4 Å². The summed E-state index contributed by atoms with van der Waals surface area (Å²) in [6, 6.07) is 15.0. The molecule has 0 aliphatic carbocycles. The van der Waals surface area contributed by atoms with Crippen molar-refractivity contribution in [2.75, 3.05) is 25.2 Å². The van der Waals surface area contributed by atoms with Gasteiger partial charge in [0.15, 0.2) is 0 Å². The van der Waals surface area contributed by atoms with Crippen LogP contribution >= 0.6 is 0 Å². The second-order valence-electron chi connectivity index (χ2n) is 6.08. The number of ether oxygens (including phenoxy) is 2. The quantitative estimate of drug-likeness (QED) is 0.784. The molecule has 3 rings (SSSR count). The summed E-state index contributed by atoms with van der Waals surface area (Å²) >= 11 is 0. The standard InChI is InChI=1S/C20H21NO4/c1-14-13-17-5-3-4-6-18(17)21(14)11-12-25-20(23)16-9-7-15(8-10-16)19(22)24-2/h3-10,14H,11-13H2,1-2H3. The van der Waals surface area contributed by atoms with E-state index in [-0.39, 0.29) is 0 Å². The molecular formula is C20H21NO4. The predicted octanol–water partition coefficient (Wildman–Crippen LogP) is 3.08. The summed E-state index contributed by atoms with van der Waals surface area (Å²) in [5.74, 6) is -0.821. The van der Waals surface area contributed by atoms with Crippen LogP contribution < -0.4 is 4.90 Å². The van der Waals surface area contributed by atoms with Gasteiger partial charge in [-0.25, -0.2) is 9.59 Å². The largest absolute Gasteiger partial charge is 0.465 e. The minimum atomic E-state index is -0.429. The van der Waals surface area contributed by atoms with E-state index in [1.165, 1.54) is 18.4 Å². The third-order valence-corrected chi connectivity index (χ3v) is 4.46. The first-order valence-electron chi connectivity index (χ1n) is 8.30. The average molecular weight is 339 g/mol. The molecule has 0 N–H and O–H groups in total. The third-order valence-electron chi connectivity index (χ3n) is 4.46. The van der Waals surface area contributed by atoms with Crippen LogP contribution in [0.25, 0.3) is 0 Å². The number of carbonyl (C=O) groups is 2. The number of carbonyl (C=O) groups excluding carboxylic acids is 2. The normalized spacial score (nSPS) is 15.6. The van der Waals surface area contributed by atoms with Crippen LogP contribution in [-0.4, -0.2) is 38.2 Å². The van der Waals surface area contributed by atoms with Gasteiger partial charge in [-0.2, -0.15) is 0 Å². The van der Waals surface area contributed by atoms with Gasteiger partial charge in [0.1, 0.15) is 6.61 Å². The lowest BCUT2D eigenvalue weighted by Crippen LogP contribution is -2.33. The van der Waals surface area contributed by atoms with Gasteiger partial charge in [0.2, 0.25) is 0 Å². The predicted molar refractivity (Wildman–Crippen MR) is 95.0 cm³/mol. The highest BCUT2D eigenvalue weighted by molar-refractivity contribution is 5.93. The van der Waals surface area contributed by atoms with Crippen molar-refractivity contribution in [3.05, 3.63) is 65.2 Å². The summed E-state index contributed by atoms with van der Waals surface area (Å²) < 4.78 is 10.0. The molecule has 0 bridgehead atoms. The molecule has 0 saturated heterocycles. The van der Waals surface area contributed by atoms with E-state index in [4.69, 9.17) is 4.74 Å². The minimum Gasteiger partial charge on any atom is -0.465 e. The highest BCUT2D eigenvalue weighted by Gasteiger charge is 2.25. The SMILES string of the molecule is COC(=O)c1ccc(C(=O)OCCN2c3ccccc3CC2C)cc1. The molecular weight excluding hydrogens is 318 g/mol. The average Bonchev–Trinajstić information content (AvgIpc) is 2.96. The number of methoxy groups -OCH3 is 1. The number of anilines is 1. The Balaban J connectivity index is 1.55. The molecule has 0 spiro atoms. The van der Waals surface area contributed by atoms with Crippen molar-refractivity contribution in [2.24, 2.45) is 0 Å². The Hall–Kier alpha value is -2.82. The molecule has 0 aromatic heterocycles. The Morgan fingerprint density at radius 3 is 2.36 bits per heavy atom. The van der Waals surface area contributed by atoms with Gasteiger partial charge in [-0.3, -0.25) is 0 Å². The molecule has 0 radical (unpaired) electrons. The molecule has 0 saturated carbocycles. The lowest BCUT2D eigenvalue weighted by Gasteiger charge is -2.24. The van der Waals surface area contributed by atoms with Crippen LogP contribution in [0, 0.1) is 0 Å². The molecule has 1 atom stereocenters. The third kappa shape index (κ3) is 3.65. The Morgan fingerprint density at radius 1 is 1.04 bits per heavy atom. The van der Waals surface area contributed by atoms with Crippen molar-refractivity contribution in [1.29, 1.82) is 0 Å². The van der Waals surface area contributed by atoms with Gasteiger partial charge in [0, 0.05) is 11.7 Å². The van der Waals surface area contributed by atoms with Gasteiger partial charge in [-0.1, -0.05) is 18.2 Å². The van der Waals surface area contributed by atoms with E-state index in [0.29, 0.717) is 30.3 Å². The second-order valence-corrected chi connectivity index (χ2v) is 6.08. The van der Waals surface area contributed by atoms with Crippen LogP contribution in [0.15, 0.2) is 48.5 Å². The number of benzene rings is 2. The summed E-state index contributed by atoms with van der Waals surface area (Å²) in [6.07, 6.45) is 1.01. The molecule has 5 nitrogen and oxygen atoms in total. The molecule has 25 heavy (non-hydrogen) atoms. The van der Waals surface area contributed by atoms with E-state index in [0.717, 1.165) is 6.42 Å². The molecule has 1 aliphatic heterocycles. The topological polar surface area (TPSA) is 55.8 Å². The Bertz CT molecular complexity index is 770. The Labute approximate surface area is 147 Å². The number of esters is 2. The summed E-state index contributed by atoms with van der Waals surface area (Å²) in [5.41, 5.74) is 3.37. The van der Waals surface area contributed by atoms with Crippen molar-refractivity contribution in [1.82, 2.24) is 0 Å². The molecule has 1 aliphatic rings. The van der Waals surface area contributed by atoms with Gasteiger partial charge in [0.05, 0.1) is 24.8 Å². The van der Waals surface area contributed by atoms with Gasteiger partial charge in [-0.05, 0) is 49.2 Å². The highest BCUT2D eigenvalue weighted by atomic mass is 16.5. The first kappa shape index (κ1) is 17.0. The van der Waals surface area contributed by atoms with E-state index in [9.17, 15) is 9.59 Å². The molecule has 2 aromatic carbocycles. The van der Waals surface area contributed by atoms with E-state index in [2.05, 4.69) is 28.7 Å². The zero-order chi connectivity index (χ0) is 17.8. The van der Waals surface area contributed by atoms with Crippen LogP contribution in [0.3, 0.4) is 0 Å². The lowest BCUT2D eigenvalue weighted by atomic mass is 10.1. The van der Waals surface area contributed by atoms with Gasteiger partial charge >= 0.3 is 11.9 Å². The van der Waals surface area contributed by atoms with E-state index in [1.807, 2.05) is 12.1 Å². The highest BCUT2D eigenvalue weighted by Crippen LogP contribution is 2.31. The number of fused-ring (bicyclic) bond motifs is 1. The van der Waals surface area contributed by atoms with E-state index in [1.54, 1.807) is 24.3 Å². The maximum atomic E-state index is 12.1. The maximum Gasteiger partial charge on any atom is 0.338 e. The van der Waals surface area contributed by atoms with Gasteiger partial charge in [-0.15, -0.1) is 0 Å². The number of nitrogens with zero attached hydrogens (tertiary/aromatic N) is 1. The fraction of sp³-hybridized carbons (Fsp3) is 0.300. The minimum absolute atomic E-state index is 0.316.